The first-order valence-corrected chi connectivity index (χ1v) is 9.53. The van der Waals surface area contributed by atoms with Crippen molar-refractivity contribution < 1.29 is 8.42 Å². The second-order valence-electron chi connectivity index (χ2n) is 5.09. The SMILES string of the molecule is O=S(=O)(Cc1ccccc1)NC1CCSc2ccccc21. The molecule has 1 atom stereocenters. The normalized spacial score (nSPS) is 18.2. The summed E-state index contributed by atoms with van der Waals surface area (Å²) in [7, 11) is -3.34. The van der Waals surface area contributed by atoms with Crippen LogP contribution >= 0.6 is 11.8 Å². The average molecular weight is 319 g/mol. The van der Waals surface area contributed by atoms with E-state index in [1.165, 1.54) is 4.90 Å². The summed E-state index contributed by atoms with van der Waals surface area (Å²) in [4.78, 5) is 1.18. The molecular formula is C16H17NO2S2. The number of sulfonamides is 1. The van der Waals surface area contributed by atoms with Gasteiger partial charge in [0.1, 0.15) is 0 Å². The lowest BCUT2D eigenvalue weighted by molar-refractivity contribution is 0.545. The number of hydrogen-bond acceptors (Lipinski definition) is 3. The van der Waals surface area contributed by atoms with Gasteiger partial charge in [-0.15, -0.1) is 11.8 Å². The van der Waals surface area contributed by atoms with Gasteiger partial charge in [-0.1, -0.05) is 48.5 Å². The number of rotatable bonds is 4. The van der Waals surface area contributed by atoms with Crippen LogP contribution in [-0.4, -0.2) is 14.2 Å². The van der Waals surface area contributed by atoms with Gasteiger partial charge in [0, 0.05) is 10.9 Å². The van der Waals surface area contributed by atoms with Gasteiger partial charge in [-0.25, -0.2) is 13.1 Å². The van der Waals surface area contributed by atoms with Crippen molar-refractivity contribution in [3.63, 3.8) is 0 Å². The highest BCUT2D eigenvalue weighted by Gasteiger charge is 2.24. The monoisotopic (exact) mass is 319 g/mol. The molecule has 110 valence electrons. The van der Waals surface area contributed by atoms with Gasteiger partial charge in [0.25, 0.3) is 0 Å². The Kier molecular flexibility index (Phi) is 4.33. The molecule has 0 bridgehead atoms. The summed E-state index contributed by atoms with van der Waals surface area (Å²) in [6.45, 7) is 0. The fraction of sp³-hybridized carbons (Fsp3) is 0.250. The van der Waals surface area contributed by atoms with Crippen molar-refractivity contribution in [2.75, 3.05) is 5.75 Å². The Morgan fingerprint density at radius 3 is 2.57 bits per heavy atom. The predicted octanol–water partition coefficient (Wildman–Crippen LogP) is 3.34. The lowest BCUT2D eigenvalue weighted by Crippen LogP contribution is -2.31. The van der Waals surface area contributed by atoms with Gasteiger partial charge in [0.05, 0.1) is 5.75 Å². The van der Waals surface area contributed by atoms with Crippen LogP contribution in [0.25, 0.3) is 0 Å². The third-order valence-corrected chi connectivity index (χ3v) is 5.96. The van der Waals surface area contributed by atoms with E-state index in [4.69, 9.17) is 0 Å². The van der Waals surface area contributed by atoms with E-state index >= 15 is 0 Å². The molecule has 1 aliphatic rings. The Hall–Kier alpha value is -1.30. The number of hydrogen-bond donors (Lipinski definition) is 1. The first-order chi connectivity index (χ1) is 10.1. The molecule has 1 N–H and O–H groups in total. The van der Waals surface area contributed by atoms with Gasteiger partial charge >= 0.3 is 0 Å². The molecule has 1 aliphatic heterocycles. The minimum absolute atomic E-state index is 0.0274. The highest BCUT2D eigenvalue weighted by molar-refractivity contribution is 7.99. The summed E-state index contributed by atoms with van der Waals surface area (Å²) in [5.41, 5.74) is 1.90. The van der Waals surface area contributed by atoms with Crippen molar-refractivity contribution in [3.8, 4) is 0 Å². The average Bonchev–Trinajstić information content (AvgIpc) is 2.48. The van der Waals surface area contributed by atoms with Crippen LogP contribution in [0, 0.1) is 0 Å². The third-order valence-electron chi connectivity index (χ3n) is 3.48. The van der Waals surface area contributed by atoms with Crippen LogP contribution in [0.3, 0.4) is 0 Å². The molecule has 0 radical (unpaired) electrons. The van der Waals surface area contributed by atoms with Crippen molar-refractivity contribution >= 4 is 21.8 Å². The Labute approximate surface area is 129 Å². The molecule has 3 nitrogen and oxygen atoms in total. The minimum atomic E-state index is -3.34. The largest absolute Gasteiger partial charge is 0.216 e. The number of fused-ring (bicyclic) bond motifs is 1. The lowest BCUT2D eigenvalue weighted by Gasteiger charge is -2.25. The van der Waals surface area contributed by atoms with E-state index in [0.29, 0.717) is 0 Å². The zero-order valence-corrected chi connectivity index (χ0v) is 13.2. The summed E-state index contributed by atoms with van der Waals surface area (Å²) >= 11 is 1.79. The van der Waals surface area contributed by atoms with Crippen LogP contribution in [-0.2, 0) is 15.8 Å². The Morgan fingerprint density at radius 1 is 1.05 bits per heavy atom. The summed E-state index contributed by atoms with van der Waals surface area (Å²) < 4.78 is 27.6. The standard InChI is InChI=1S/C16H17NO2S2/c18-21(19,12-13-6-2-1-3-7-13)17-15-10-11-20-16-9-5-4-8-14(15)16/h1-9,15,17H,10-12H2. The maximum Gasteiger partial charge on any atom is 0.216 e. The van der Waals surface area contributed by atoms with E-state index in [2.05, 4.69) is 10.8 Å². The van der Waals surface area contributed by atoms with Crippen molar-refractivity contribution in [1.82, 2.24) is 4.72 Å². The topological polar surface area (TPSA) is 46.2 Å². The van der Waals surface area contributed by atoms with Gasteiger partial charge < -0.3 is 0 Å². The van der Waals surface area contributed by atoms with E-state index in [1.54, 1.807) is 11.8 Å². The summed E-state index contributed by atoms with van der Waals surface area (Å²) in [5, 5.41) is 0. The van der Waals surface area contributed by atoms with Gasteiger partial charge in [-0.05, 0) is 29.4 Å². The molecule has 0 saturated heterocycles. The molecule has 0 aromatic heterocycles. The molecule has 1 unspecified atom stereocenters. The van der Waals surface area contributed by atoms with Gasteiger partial charge in [0.15, 0.2) is 0 Å². The molecular weight excluding hydrogens is 302 g/mol. The van der Waals surface area contributed by atoms with Crippen molar-refractivity contribution in [3.05, 3.63) is 65.7 Å². The molecule has 0 fully saturated rings. The number of nitrogens with one attached hydrogen (secondary N) is 1. The zero-order chi connectivity index (χ0) is 14.7. The fourth-order valence-electron chi connectivity index (χ4n) is 2.52. The van der Waals surface area contributed by atoms with E-state index in [9.17, 15) is 8.42 Å². The van der Waals surface area contributed by atoms with E-state index in [0.717, 1.165) is 23.3 Å². The second-order valence-corrected chi connectivity index (χ2v) is 7.98. The molecule has 3 rings (SSSR count). The maximum absolute atomic E-state index is 12.4. The van der Waals surface area contributed by atoms with Crippen LogP contribution in [0.4, 0.5) is 0 Å². The van der Waals surface area contributed by atoms with E-state index in [-0.39, 0.29) is 11.8 Å². The van der Waals surface area contributed by atoms with Gasteiger partial charge in [0.2, 0.25) is 10.0 Å². The highest BCUT2D eigenvalue weighted by Crippen LogP contribution is 2.36. The molecule has 21 heavy (non-hydrogen) atoms. The quantitative estimate of drug-likeness (QED) is 0.940. The van der Waals surface area contributed by atoms with E-state index < -0.39 is 10.0 Å². The molecule has 0 aliphatic carbocycles. The molecule has 2 aromatic rings. The van der Waals surface area contributed by atoms with Crippen molar-refractivity contribution in [2.24, 2.45) is 0 Å². The molecule has 1 heterocycles. The predicted molar refractivity (Wildman–Crippen MR) is 86.7 cm³/mol. The van der Waals surface area contributed by atoms with Crippen molar-refractivity contribution in [1.29, 1.82) is 0 Å². The van der Waals surface area contributed by atoms with E-state index in [1.807, 2.05) is 48.5 Å². The first kappa shape index (κ1) is 14.6. The third kappa shape index (κ3) is 3.67. The second kappa shape index (κ2) is 6.22. The number of thioether (sulfide) groups is 1. The smallest absolute Gasteiger partial charge is 0.212 e. The summed E-state index contributed by atoms with van der Waals surface area (Å²) in [5.74, 6) is 0.967. The first-order valence-electron chi connectivity index (χ1n) is 6.90. The lowest BCUT2D eigenvalue weighted by atomic mass is 10.1. The molecule has 0 amide bonds. The molecule has 0 spiro atoms. The Morgan fingerprint density at radius 2 is 1.76 bits per heavy atom. The van der Waals surface area contributed by atoms with Crippen LogP contribution in [0.2, 0.25) is 0 Å². The maximum atomic E-state index is 12.4. The van der Waals surface area contributed by atoms with Gasteiger partial charge in [-0.3, -0.25) is 0 Å². The zero-order valence-electron chi connectivity index (χ0n) is 11.5. The van der Waals surface area contributed by atoms with Crippen LogP contribution in [0.1, 0.15) is 23.6 Å². The van der Waals surface area contributed by atoms with Crippen LogP contribution in [0.15, 0.2) is 59.5 Å². The fourth-order valence-corrected chi connectivity index (χ4v) is 5.03. The Bertz CT molecular complexity index is 714. The molecule has 5 heteroatoms. The van der Waals surface area contributed by atoms with Crippen LogP contribution in [0.5, 0.6) is 0 Å². The summed E-state index contributed by atoms with van der Waals surface area (Å²) in [6, 6.07) is 17.2. The Balaban J connectivity index is 1.78. The highest BCUT2D eigenvalue weighted by atomic mass is 32.2. The number of benzene rings is 2. The molecule has 0 saturated carbocycles. The van der Waals surface area contributed by atoms with Crippen molar-refractivity contribution in [2.45, 2.75) is 23.1 Å². The summed E-state index contributed by atoms with van der Waals surface area (Å²) in [6.07, 6.45) is 0.829. The van der Waals surface area contributed by atoms with Gasteiger partial charge in [-0.2, -0.15) is 0 Å². The van der Waals surface area contributed by atoms with Crippen LogP contribution < -0.4 is 4.72 Å². The minimum Gasteiger partial charge on any atom is -0.212 e. The molecule has 2 aromatic carbocycles.